The number of hydrogen-bond donors (Lipinski definition) is 1. The van der Waals surface area contributed by atoms with Gasteiger partial charge in [0.2, 0.25) is 0 Å². The summed E-state index contributed by atoms with van der Waals surface area (Å²) in [5.41, 5.74) is 0. The lowest BCUT2D eigenvalue weighted by molar-refractivity contribution is -0.163. The SMILES string of the molecule is O=C(O)[C@@H](Cc1cccs1)CC(F)(F)F. The largest absolute Gasteiger partial charge is 0.481 e. The molecule has 0 saturated heterocycles. The standard InChI is InChI=1S/C9H9F3O2S/c10-9(11,12)5-6(8(13)14)4-7-2-1-3-15-7/h1-3,6H,4-5H2,(H,13,14)/t6-/m0/s1. The van der Waals surface area contributed by atoms with Gasteiger partial charge in [0.25, 0.3) is 0 Å². The molecule has 0 aliphatic carbocycles. The summed E-state index contributed by atoms with van der Waals surface area (Å²) in [6.07, 6.45) is -5.77. The Morgan fingerprint density at radius 1 is 1.53 bits per heavy atom. The predicted octanol–water partition coefficient (Wildman–Crippen LogP) is 2.94. The summed E-state index contributed by atoms with van der Waals surface area (Å²) in [6, 6.07) is 3.32. The fraction of sp³-hybridized carbons (Fsp3) is 0.444. The smallest absolute Gasteiger partial charge is 0.389 e. The van der Waals surface area contributed by atoms with E-state index >= 15 is 0 Å². The summed E-state index contributed by atoms with van der Waals surface area (Å²) in [7, 11) is 0. The summed E-state index contributed by atoms with van der Waals surface area (Å²) in [5.74, 6) is -2.79. The Balaban J connectivity index is 2.63. The van der Waals surface area contributed by atoms with Gasteiger partial charge in [-0.25, -0.2) is 0 Å². The molecule has 0 bridgehead atoms. The molecule has 0 aliphatic heterocycles. The minimum atomic E-state index is -4.43. The van der Waals surface area contributed by atoms with Crippen LogP contribution in [-0.2, 0) is 11.2 Å². The van der Waals surface area contributed by atoms with Crippen molar-refractivity contribution in [1.82, 2.24) is 0 Å². The Morgan fingerprint density at radius 2 is 2.20 bits per heavy atom. The van der Waals surface area contributed by atoms with Gasteiger partial charge in [0.05, 0.1) is 12.3 Å². The lowest BCUT2D eigenvalue weighted by Gasteiger charge is -2.13. The highest BCUT2D eigenvalue weighted by Crippen LogP contribution is 2.28. The number of thiophene rings is 1. The molecule has 1 N–H and O–H groups in total. The van der Waals surface area contributed by atoms with Crippen LogP contribution in [0.4, 0.5) is 13.2 Å². The highest BCUT2D eigenvalue weighted by molar-refractivity contribution is 7.09. The number of aliphatic carboxylic acids is 1. The number of alkyl halides is 3. The normalized spacial score (nSPS) is 13.8. The van der Waals surface area contributed by atoms with Crippen molar-refractivity contribution in [3.05, 3.63) is 22.4 Å². The van der Waals surface area contributed by atoms with E-state index in [1.165, 1.54) is 11.3 Å². The molecule has 0 saturated carbocycles. The van der Waals surface area contributed by atoms with E-state index < -0.39 is 24.5 Å². The van der Waals surface area contributed by atoms with E-state index in [1.54, 1.807) is 17.5 Å². The molecule has 0 unspecified atom stereocenters. The Bertz CT molecular complexity index is 319. The summed E-state index contributed by atoms with van der Waals surface area (Å²) in [5, 5.41) is 10.4. The molecule has 1 aromatic heterocycles. The van der Waals surface area contributed by atoms with Crippen LogP contribution in [0.1, 0.15) is 11.3 Å². The number of carbonyl (C=O) groups is 1. The Kier molecular flexibility index (Phi) is 3.73. The first-order chi connectivity index (χ1) is 6.88. The van der Waals surface area contributed by atoms with Crippen LogP contribution in [0.25, 0.3) is 0 Å². The van der Waals surface area contributed by atoms with Gasteiger partial charge in [0, 0.05) is 4.88 Å². The van der Waals surface area contributed by atoms with Crippen LogP contribution in [0, 0.1) is 5.92 Å². The van der Waals surface area contributed by atoms with Crippen LogP contribution < -0.4 is 0 Å². The molecule has 2 nitrogen and oxygen atoms in total. The van der Waals surface area contributed by atoms with Crippen molar-refractivity contribution in [2.75, 3.05) is 0 Å². The zero-order valence-corrected chi connectivity index (χ0v) is 8.44. The second-order valence-corrected chi connectivity index (χ2v) is 4.17. The highest BCUT2D eigenvalue weighted by Gasteiger charge is 2.35. The van der Waals surface area contributed by atoms with Gasteiger partial charge in [-0.05, 0) is 17.9 Å². The molecule has 0 fully saturated rings. The van der Waals surface area contributed by atoms with Crippen LogP contribution in [0.15, 0.2) is 17.5 Å². The number of halogens is 3. The van der Waals surface area contributed by atoms with Crippen LogP contribution in [0.5, 0.6) is 0 Å². The maximum atomic E-state index is 12.0. The monoisotopic (exact) mass is 238 g/mol. The number of carboxylic acids is 1. The molecule has 6 heteroatoms. The number of rotatable bonds is 4. The molecular weight excluding hydrogens is 229 g/mol. The molecule has 0 amide bonds. The van der Waals surface area contributed by atoms with Crippen molar-refractivity contribution in [2.45, 2.75) is 19.0 Å². The van der Waals surface area contributed by atoms with E-state index in [1.807, 2.05) is 0 Å². The summed E-state index contributed by atoms with van der Waals surface area (Å²) in [4.78, 5) is 11.3. The topological polar surface area (TPSA) is 37.3 Å². The first-order valence-corrected chi connectivity index (χ1v) is 5.08. The van der Waals surface area contributed by atoms with Crippen molar-refractivity contribution in [3.63, 3.8) is 0 Å². The molecule has 1 rings (SSSR count). The molecule has 0 aliphatic rings. The molecule has 0 aromatic carbocycles. The zero-order valence-electron chi connectivity index (χ0n) is 7.62. The minimum absolute atomic E-state index is 0.0630. The third kappa shape index (κ3) is 4.33. The van der Waals surface area contributed by atoms with Crippen LogP contribution >= 0.6 is 11.3 Å². The molecule has 84 valence electrons. The summed E-state index contributed by atoms with van der Waals surface area (Å²) >= 11 is 1.26. The third-order valence-electron chi connectivity index (χ3n) is 1.85. The summed E-state index contributed by atoms with van der Waals surface area (Å²) in [6.45, 7) is 0. The van der Waals surface area contributed by atoms with Gasteiger partial charge < -0.3 is 5.11 Å². The van der Waals surface area contributed by atoms with Gasteiger partial charge in [0.1, 0.15) is 0 Å². The van der Waals surface area contributed by atoms with Crippen LogP contribution in [0.3, 0.4) is 0 Å². The molecule has 1 aromatic rings. The Hall–Kier alpha value is -1.04. The first-order valence-electron chi connectivity index (χ1n) is 4.20. The maximum absolute atomic E-state index is 12.0. The van der Waals surface area contributed by atoms with E-state index in [9.17, 15) is 18.0 Å². The Labute approximate surface area is 88.3 Å². The molecule has 1 atom stereocenters. The molecule has 0 spiro atoms. The fourth-order valence-electron chi connectivity index (χ4n) is 1.20. The second kappa shape index (κ2) is 4.65. The lowest BCUT2D eigenvalue weighted by Crippen LogP contribution is -2.23. The van der Waals surface area contributed by atoms with Crippen molar-refractivity contribution in [3.8, 4) is 0 Å². The maximum Gasteiger partial charge on any atom is 0.389 e. The first kappa shape index (κ1) is 12.0. The zero-order chi connectivity index (χ0) is 11.5. The van der Waals surface area contributed by atoms with Gasteiger partial charge in [-0.3, -0.25) is 4.79 Å². The minimum Gasteiger partial charge on any atom is -0.481 e. The number of carboxylic acid groups (broad SMARTS) is 1. The van der Waals surface area contributed by atoms with Gasteiger partial charge in [-0.1, -0.05) is 6.07 Å². The van der Waals surface area contributed by atoms with Gasteiger partial charge in [-0.2, -0.15) is 13.2 Å². The van der Waals surface area contributed by atoms with Crippen LogP contribution in [0.2, 0.25) is 0 Å². The molecular formula is C9H9F3O2S. The molecule has 1 heterocycles. The van der Waals surface area contributed by atoms with Gasteiger partial charge in [-0.15, -0.1) is 11.3 Å². The van der Waals surface area contributed by atoms with Gasteiger partial charge in [0.15, 0.2) is 0 Å². The van der Waals surface area contributed by atoms with Crippen molar-refractivity contribution >= 4 is 17.3 Å². The van der Waals surface area contributed by atoms with Crippen LogP contribution in [-0.4, -0.2) is 17.3 Å². The van der Waals surface area contributed by atoms with E-state index in [-0.39, 0.29) is 6.42 Å². The second-order valence-electron chi connectivity index (χ2n) is 3.14. The highest BCUT2D eigenvalue weighted by atomic mass is 32.1. The quantitative estimate of drug-likeness (QED) is 0.875. The van der Waals surface area contributed by atoms with E-state index in [2.05, 4.69) is 0 Å². The van der Waals surface area contributed by atoms with Crippen molar-refractivity contribution in [1.29, 1.82) is 0 Å². The fourth-order valence-corrected chi connectivity index (χ4v) is 1.98. The predicted molar refractivity (Wildman–Crippen MR) is 49.8 cm³/mol. The van der Waals surface area contributed by atoms with Gasteiger partial charge >= 0.3 is 12.1 Å². The van der Waals surface area contributed by atoms with E-state index in [4.69, 9.17) is 5.11 Å². The average Bonchev–Trinajstić information content (AvgIpc) is 2.52. The van der Waals surface area contributed by atoms with Crippen molar-refractivity contribution in [2.24, 2.45) is 5.92 Å². The number of hydrogen-bond acceptors (Lipinski definition) is 2. The average molecular weight is 238 g/mol. The third-order valence-corrected chi connectivity index (χ3v) is 2.75. The summed E-state index contributed by atoms with van der Waals surface area (Å²) < 4.78 is 36.1. The molecule has 15 heavy (non-hydrogen) atoms. The van der Waals surface area contributed by atoms with E-state index in [0.717, 1.165) is 0 Å². The van der Waals surface area contributed by atoms with E-state index in [0.29, 0.717) is 4.88 Å². The lowest BCUT2D eigenvalue weighted by atomic mass is 10.0. The van der Waals surface area contributed by atoms with Crippen molar-refractivity contribution < 1.29 is 23.1 Å². The molecule has 0 radical (unpaired) electrons. The Morgan fingerprint density at radius 3 is 2.60 bits per heavy atom.